The highest BCUT2D eigenvalue weighted by atomic mass is 19.3. The summed E-state index contributed by atoms with van der Waals surface area (Å²) in [7, 11) is 0. The monoisotopic (exact) mass is 190 g/mol. The van der Waals surface area contributed by atoms with Crippen LogP contribution < -0.4 is 0 Å². The number of carbonyl (C=O) groups is 1. The quantitative estimate of drug-likeness (QED) is 0.694. The lowest BCUT2D eigenvalue weighted by atomic mass is 9.88. The van der Waals surface area contributed by atoms with Crippen LogP contribution in [-0.4, -0.2) is 17.5 Å². The first kappa shape index (κ1) is 10.2. The van der Waals surface area contributed by atoms with Gasteiger partial charge < -0.3 is 5.11 Å². The molecule has 0 fully saturated rings. The van der Waals surface area contributed by atoms with Gasteiger partial charge in [0.05, 0.1) is 6.42 Å². The molecule has 0 aromatic heterocycles. The first-order valence-electron chi connectivity index (χ1n) is 4.30. The first-order valence-corrected chi connectivity index (χ1v) is 4.30. The van der Waals surface area contributed by atoms with Gasteiger partial charge in [-0.05, 0) is 30.8 Å². The van der Waals surface area contributed by atoms with Gasteiger partial charge in [-0.25, -0.2) is 8.78 Å². The molecule has 1 N–H and O–H groups in total. The highest BCUT2D eigenvalue weighted by Gasteiger charge is 2.20. The number of aliphatic carboxylic acids is 1. The lowest BCUT2D eigenvalue weighted by Gasteiger charge is -2.18. The Morgan fingerprint density at radius 3 is 2.92 bits per heavy atom. The van der Waals surface area contributed by atoms with Crippen molar-refractivity contribution in [3.05, 3.63) is 11.6 Å². The molecule has 0 saturated carbocycles. The first-order chi connectivity index (χ1) is 6.09. The molecule has 1 rings (SSSR count). The van der Waals surface area contributed by atoms with Crippen LogP contribution in [0.25, 0.3) is 0 Å². The molecule has 0 saturated heterocycles. The van der Waals surface area contributed by atoms with E-state index >= 15 is 0 Å². The Morgan fingerprint density at radius 2 is 2.38 bits per heavy atom. The van der Waals surface area contributed by atoms with E-state index in [2.05, 4.69) is 0 Å². The van der Waals surface area contributed by atoms with Gasteiger partial charge in [-0.15, -0.1) is 0 Å². The van der Waals surface area contributed by atoms with Crippen molar-refractivity contribution in [2.75, 3.05) is 0 Å². The van der Waals surface area contributed by atoms with Crippen molar-refractivity contribution in [2.24, 2.45) is 5.92 Å². The molecular formula is C9H12F2O2. The van der Waals surface area contributed by atoms with E-state index < -0.39 is 12.4 Å². The van der Waals surface area contributed by atoms with Crippen LogP contribution in [0.15, 0.2) is 11.6 Å². The van der Waals surface area contributed by atoms with Crippen molar-refractivity contribution in [1.82, 2.24) is 0 Å². The maximum Gasteiger partial charge on any atom is 0.303 e. The molecule has 0 bridgehead atoms. The van der Waals surface area contributed by atoms with E-state index in [1.165, 1.54) is 6.08 Å². The summed E-state index contributed by atoms with van der Waals surface area (Å²) in [5.41, 5.74) is 0.109. The predicted octanol–water partition coefficient (Wildman–Crippen LogP) is 2.45. The van der Waals surface area contributed by atoms with Gasteiger partial charge >= 0.3 is 5.97 Å². The van der Waals surface area contributed by atoms with E-state index in [-0.39, 0.29) is 17.9 Å². The Labute approximate surface area is 75.3 Å². The van der Waals surface area contributed by atoms with Crippen molar-refractivity contribution >= 4 is 5.97 Å². The molecule has 0 aromatic rings. The fourth-order valence-corrected chi connectivity index (χ4v) is 1.60. The highest BCUT2D eigenvalue weighted by Crippen LogP contribution is 2.28. The third-order valence-corrected chi connectivity index (χ3v) is 2.21. The molecule has 2 nitrogen and oxygen atoms in total. The fraction of sp³-hybridized carbons (Fsp3) is 0.667. The number of halogens is 2. The number of rotatable bonds is 3. The van der Waals surface area contributed by atoms with Gasteiger partial charge in [0, 0.05) is 0 Å². The fourth-order valence-electron chi connectivity index (χ4n) is 1.60. The van der Waals surface area contributed by atoms with Crippen LogP contribution in [0, 0.1) is 5.92 Å². The number of carboxylic acid groups (broad SMARTS) is 1. The standard InChI is InChI=1S/C9H12F2O2/c10-9(11)7-3-1-2-6(4-7)5-8(12)13/h4,6,9H,1-3,5H2,(H,12,13). The predicted molar refractivity (Wildman–Crippen MR) is 43.7 cm³/mol. The van der Waals surface area contributed by atoms with E-state index in [0.717, 1.165) is 0 Å². The molecule has 0 radical (unpaired) electrons. The Morgan fingerprint density at radius 1 is 1.69 bits per heavy atom. The second kappa shape index (κ2) is 4.35. The van der Waals surface area contributed by atoms with Gasteiger partial charge in [0.1, 0.15) is 0 Å². The maximum absolute atomic E-state index is 12.2. The van der Waals surface area contributed by atoms with Crippen LogP contribution in [0.4, 0.5) is 8.78 Å². The molecule has 0 spiro atoms. The molecule has 0 aliphatic heterocycles. The van der Waals surface area contributed by atoms with E-state index in [1.807, 2.05) is 0 Å². The summed E-state index contributed by atoms with van der Waals surface area (Å²) in [6.07, 6.45) is 0.778. The molecule has 74 valence electrons. The zero-order valence-corrected chi connectivity index (χ0v) is 7.17. The van der Waals surface area contributed by atoms with Gasteiger partial charge in [0.2, 0.25) is 0 Å². The van der Waals surface area contributed by atoms with Gasteiger partial charge in [0.25, 0.3) is 6.43 Å². The van der Waals surface area contributed by atoms with Crippen LogP contribution in [0.1, 0.15) is 25.7 Å². The summed E-state index contributed by atoms with van der Waals surface area (Å²) in [5, 5.41) is 8.47. The molecule has 1 aliphatic carbocycles. The zero-order chi connectivity index (χ0) is 9.84. The third kappa shape index (κ3) is 3.13. The lowest BCUT2D eigenvalue weighted by molar-refractivity contribution is -0.137. The minimum Gasteiger partial charge on any atom is -0.481 e. The molecule has 1 unspecified atom stereocenters. The molecule has 0 aromatic carbocycles. The Bertz CT molecular complexity index is 224. The summed E-state index contributed by atoms with van der Waals surface area (Å²) in [5.74, 6) is -1.12. The van der Waals surface area contributed by atoms with E-state index in [1.54, 1.807) is 0 Å². The second-order valence-corrected chi connectivity index (χ2v) is 3.29. The largest absolute Gasteiger partial charge is 0.481 e. The van der Waals surface area contributed by atoms with E-state index in [4.69, 9.17) is 5.11 Å². The number of hydrogen-bond donors (Lipinski definition) is 1. The number of alkyl halides is 2. The van der Waals surface area contributed by atoms with Crippen molar-refractivity contribution in [1.29, 1.82) is 0 Å². The molecular weight excluding hydrogens is 178 g/mol. The zero-order valence-electron chi connectivity index (χ0n) is 7.17. The highest BCUT2D eigenvalue weighted by molar-refractivity contribution is 5.67. The van der Waals surface area contributed by atoms with Crippen LogP contribution in [0.2, 0.25) is 0 Å². The summed E-state index contributed by atoms with van der Waals surface area (Å²) in [4.78, 5) is 10.3. The van der Waals surface area contributed by atoms with E-state index in [0.29, 0.717) is 19.3 Å². The average Bonchev–Trinajstić information content (AvgIpc) is 2.03. The topological polar surface area (TPSA) is 37.3 Å². The number of carboxylic acids is 1. The van der Waals surface area contributed by atoms with Gasteiger partial charge in [-0.3, -0.25) is 4.79 Å². The van der Waals surface area contributed by atoms with Crippen LogP contribution in [0.5, 0.6) is 0 Å². The maximum atomic E-state index is 12.2. The average molecular weight is 190 g/mol. The van der Waals surface area contributed by atoms with Crippen LogP contribution >= 0.6 is 0 Å². The smallest absolute Gasteiger partial charge is 0.303 e. The normalized spacial score (nSPS) is 23.0. The minimum atomic E-state index is -2.42. The van der Waals surface area contributed by atoms with Gasteiger partial charge in [-0.2, -0.15) is 0 Å². The SMILES string of the molecule is O=C(O)CC1C=C(C(F)F)CCC1. The summed E-state index contributed by atoms with van der Waals surface area (Å²) in [6.45, 7) is 0. The Hall–Kier alpha value is -0.930. The lowest BCUT2D eigenvalue weighted by Crippen LogP contribution is -2.12. The van der Waals surface area contributed by atoms with Gasteiger partial charge in [-0.1, -0.05) is 6.08 Å². The molecule has 1 atom stereocenters. The number of hydrogen-bond acceptors (Lipinski definition) is 1. The Balaban J connectivity index is 2.57. The summed E-state index contributed by atoms with van der Waals surface area (Å²) < 4.78 is 24.4. The van der Waals surface area contributed by atoms with Crippen molar-refractivity contribution < 1.29 is 18.7 Å². The second-order valence-electron chi connectivity index (χ2n) is 3.29. The molecule has 0 heterocycles. The number of allylic oxidation sites excluding steroid dienone is 2. The van der Waals surface area contributed by atoms with Gasteiger partial charge in [0.15, 0.2) is 0 Å². The van der Waals surface area contributed by atoms with Crippen LogP contribution in [0.3, 0.4) is 0 Å². The van der Waals surface area contributed by atoms with Crippen molar-refractivity contribution in [3.63, 3.8) is 0 Å². The molecule has 13 heavy (non-hydrogen) atoms. The van der Waals surface area contributed by atoms with Crippen molar-refractivity contribution in [2.45, 2.75) is 32.1 Å². The molecule has 1 aliphatic rings. The van der Waals surface area contributed by atoms with Crippen molar-refractivity contribution in [3.8, 4) is 0 Å². The van der Waals surface area contributed by atoms with E-state index in [9.17, 15) is 13.6 Å². The summed E-state index contributed by atoms with van der Waals surface area (Å²) >= 11 is 0. The Kier molecular flexibility index (Phi) is 3.39. The van der Waals surface area contributed by atoms with Crippen LogP contribution in [-0.2, 0) is 4.79 Å². The minimum absolute atomic E-state index is 0.0315. The third-order valence-electron chi connectivity index (χ3n) is 2.21. The molecule has 4 heteroatoms. The molecule has 0 amide bonds. The summed E-state index contributed by atoms with van der Waals surface area (Å²) in [6, 6.07) is 0.